The van der Waals surface area contributed by atoms with Crippen LogP contribution in [0.2, 0.25) is 0 Å². The maximum Gasteiger partial charge on any atom is 0.250 e. The molecule has 1 aromatic carbocycles. The van der Waals surface area contributed by atoms with Crippen LogP contribution < -0.4 is 5.32 Å². The van der Waals surface area contributed by atoms with E-state index in [-0.39, 0.29) is 12.8 Å². The van der Waals surface area contributed by atoms with Gasteiger partial charge in [0, 0.05) is 44.4 Å². The molecule has 0 radical (unpaired) electrons. The molecular weight excluding hydrogens is 258 g/mol. The van der Waals surface area contributed by atoms with Gasteiger partial charge >= 0.3 is 0 Å². The molecule has 2 saturated heterocycles. The number of nitrogens with one attached hydrogen (secondary N) is 1. The zero-order valence-corrected chi connectivity index (χ0v) is 11.7. The summed E-state index contributed by atoms with van der Waals surface area (Å²) in [5.74, 6) is -2.04. The van der Waals surface area contributed by atoms with Crippen molar-refractivity contribution in [3.63, 3.8) is 0 Å². The number of hydrogen-bond acceptors (Lipinski definition) is 2. The number of halogens is 2. The lowest BCUT2D eigenvalue weighted by Gasteiger charge is -2.43. The van der Waals surface area contributed by atoms with Gasteiger partial charge in [0.25, 0.3) is 5.92 Å². The van der Waals surface area contributed by atoms with Gasteiger partial charge in [-0.2, -0.15) is 0 Å². The van der Waals surface area contributed by atoms with E-state index in [0.29, 0.717) is 25.0 Å². The van der Waals surface area contributed by atoms with E-state index in [2.05, 4.69) is 34.5 Å². The fourth-order valence-electron chi connectivity index (χ4n) is 3.50. The average Bonchev–Trinajstić information content (AvgIpc) is 2.48. The highest BCUT2D eigenvalue weighted by Gasteiger charge is 2.39. The molecule has 2 aliphatic heterocycles. The highest BCUT2D eigenvalue weighted by molar-refractivity contribution is 5.22. The minimum Gasteiger partial charge on any atom is -0.316 e. The summed E-state index contributed by atoms with van der Waals surface area (Å²) in [7, 11) is 0. The van der Waals surface area contributed by atoms with Crippen molar-refractivity contribution in [2.45, 2.75) is 37.1 Å². The number of piperidine rings is 2. The largest absolute Gasteiger partial charge is 0.316 e. The Balaban J connectivity index is 1.73. The third-order valence-electron chi connectivity index (χ3n) is 4.67. The van der Waals surface area contributed by atoms with Gasteiger partial charge in [-0.25, -0.2) is 8.78 Å². The molecule has 2 nitrogen and oxygen atoms in total. The summed E-state index contributed by atoms with van der Waals surface area (Å²) >= 11 is 0. The first-order valence-corrected chi connectivity index (χ1v) is 7.53. The van der Waals surface area contributed by atoms with Crippen LogP contribution in [0.3, 0.4) is 0 Å². The molecule has 3 rings (SSSR count). The smallest absolute Gasteiger partial charge is 0.250 e. The van der Waals surface area contributed by atoms with Crippen LogP contribution in [0.25, 0.3) is 0 Å². The van der Waals surface area contributed by atoms with Crippen molar-refractivity contribution in [2.75, 3.05) is 26.2 Å². The van der Waals surface area contributed by atoms with Gasteiger partial charge in [-0.15, -0.1) is 0 Å². The Bertz CT molecular complexity index is 425. The monoisotopic (exact) mass is 280 g/mol. The second-order valence-electron chi connectivity index (χ2n) is 5.97. The maximum absolute atomic E-state index is 13.3. The third-order valence-corrected chi connectivity index (χ3v) is 4.67. The topological polar surface area (TPSA) is 15.3 Å². The van der Waals surface area contributed by atoms with Crippen LogP contribution in [-0.2, 0) is 0 Å². The summed E-state index contributed by atoms with van der Waals surface area (Å²) < 4.78 is 26.7. The maximum atomic E-state index is 13.3. The molecule has 0 saturated carbocycles. The number of rotatable bonds is 2. The van der Waals surface area contributed by atoms with Crippen LogP contribution >= 0.6 is 0 Å². The van der Waals surface area contributed by atoms with Gasteiger partial charge in [0.1, 0.15) is 0 Å². The second kappa shape index (κ2) is 5.78. The Kier molecular flexibility index (Phi) is 4.03. The van der Waals surface area contributed by atoms with Gasteiger partial charge in [0.05, 0.1) is 0 Å². The van der Waals surface area contributed by atoms with Crippen molar-refractivity contribution < 1.29 is 8.78 Å². The van der Waals surface area contributed by atoms with E-state index in [9.17, 15) is 8.78 Å². The molecule has 2 aliphatic rings. The Morgan fingerprint density at radius 1 is 1.10 bits per heavy atom. The molecule has 1 aromatic rings. The van der Waals surface area contributed by atoms with Crippen LogP contribution in [0.4, 0.5) is 8.78 Å². The Morgan fingerprint density at radius 2 is 1.80 bits per heavy atom. The molecule has 0 spiro atoms. The molecule has 2 heterocycles. The SMILES string of the molecule is FC1(F)CCN(C2CCNCC2c2ccccc2)CC1. The first-order valence-electron chi connectivity index (χ1n) is 7.53. The molecule has 1 N–H and O–H groups in total. The molecule has 2 fully saturated rings. The Hall–Kier alpha value is -1.00. The Morgan fingerprint density at radius 3 is 2.50 bits per heavy atom. The van der Waals surface area contributed by atoms with Gasteiger partial charge in [0.2, 0.25) is 0 Å². The highest BCUT2D eigenvalue weighted by atomic mass is 19.3. The summed E-state index contributed by atoms with van der Waals surface area (Å²) in [6.07, 6.45) is 1.07. The summed E-state index contributed by atoms with van der Waals surface area (Å²) in [6.45, 7) is 2.99. The zero-order valence-electron chi connectivity index (χ0n) is 11.7. The minimum absolute atomic E-state index is 0.0123. The summed E-state index contributed by atoms with van der Waals surface area (Å²) in [5.41, 5.74) is 1.32. The van der Waals surface area contributed by atoms with Gasteiger partial charge in [-0.3, -0.25) is 4.90 Å². The number of benzene rings is 1. The van der Waals surface area contributed by atoms with E-state index in [0.717, 1.165) is 19.5 Å². The fourth-order valence-corrected chi connectivity index (χ4v) is 3.50. The zero-order chi connectivity index (χ0) is 14.0. The van der Waals surface area contributed by atoms with Crippen LogP contribution in [0.5, 0.6) is 0 Å². The quantitative estimate of drug-likeness (QED) is 0.896. The van der Waals surface area contributed by atoms with Crippen molar-refractivity contribution in [3.05, 3.63) is 35.9 Å². The van der Waals surface area contributed by atoms with E-state index >= 15 is 0 Å². The van der Waals surface area contributed by atoms with E-state index in [4.69, 9.17) is 0 Å². The first kappa shape index (κ1) is 14.0. The third kappa shape index (κ3) is 3.01. The lowest BCUT2D eigenvalue weighted by atomic mass is 9.85. The van der Waals surface area contributed by atoms with Gasteiger partial charge in [-0.1, -0.05) is 30.3 Å². The lowest BCUT2D eigenvalue weighted by molar-refractivity contribution is -0.0669. The molecule has 2 atom stereocenters. The van der Waals surface area contributed by atoms with Crippen molar-refractivity contribution in [3.8, 4) is 0 Å². The van der Waals surface area contributed by atoms with Gasteiger partial charge in [0.15, 0.2) is 0 Å². The molecule has 0 aromatic heterocycles. The predicted molar refractivity (Wildman–Crippen MR) is 76.2 cm³/mol. The molecule has 20 heavy (non-hydrogen) atoms. The molecule has 0 bridgehead atoms. The number of hydrogen-bond donors (Lipinski definition) is 1. The lowest BCUT2D eigenvalue weighted by Crippen LogP contribution is -2.52. The van der Waals surface area contributed by atoms with Crippen LogP contribution in [-0.4, -0.2) is 43.0 Å². The molecule has 0 aliphatic carbocycles. The van der Waals surface area contributed by atoms with E-state index in [1.807, 2.05) is 6.07 Å². The number of likely N-dealkylation sites (tertiary alicyclic amines) is 1. The van der Waals surface area contributed by atoms with Crippen molar-refractivity contribution in [1.82, 2.24) is 10.2 Å². The molecule has 4 heteroatoms. The summed E-state index contributed by atoms with van der Waals surface area (Å²) in [4.78, 5) is 2.29. The molecule has 0 amide bonds. The first-order chi connectivity index (χ1) is 9.66. The van der Waals surface area contributed by atoms with Gasteiger partial charge in [-0.05, 0) is 18.5 Å². The van der Waals surface area contributed by atoms with Crippen molar-refractivity contribution in [1.29, 1.82) is 0 Å². The van der Waals surface area contributed by atoms with Crippen LogP contribution in [0.15, 0.2) is 30.3 Å². The fraction of sp³-hybridized carbons (Fsp3) is 0.625. The van der Waals surface area contributed by atoms with E-state index in [1.54, 1.807) is 0 Å². The van der Waals surface area contributed by atoms with Crippen LogP contribution in [0, 0.1) is 0 Å². The number of alkyl halides is 2. The standard InChI is InChI=1S/C16H22F2N2/c17-16(18)7-10-20(11-8-16)15-6-9-19-12-14(15)13-4-2-1-3-5-13/h1-5,14-15,19H,6-12H2. The average molecular weight is 280 g/mol. The molecule has 110 valence electrons. The molecular formula is C16H22F2N2. The predicted octanol–water partition coefficient (Wildman–Crippen LogP) is 2.86. The summed E-state index contributed by atoms with van der Waals surface area (Å²) in [5, 5.41) is 3.44. The van der Waals surface area contributed by atoms with Crippen LogP contribution in [0.1, 0.15) is 30.7 Å². The second-order valence-corrected chi connectivity index (χ2v) is 5.97. The van der Waals surface area contributed by atoms with Crippen molar-refractivity contribution >= 4 is 0 Å². The van der Waals surface area contributed by atoms with Gasteiger partial charge < -0.3 is 5.32 Å². The highest BCUT2D eigenvalue weighted by Crippen LogP contribution is 2.34. The minimum atomic E-state index is -2.45. The molecule has 2 unspecified atom stereocenters. The summed E-state index contributed by atoms with van der Waals surface area (Å²) in [6, 6.07) is 10.9. The van der Waals surface area contributed by atoms with E-state index in [1.165, 1.54) is 5.56 Å². The Labute approximate surface area is 119 Å². The normalized spacial score (nSPS) is 31.1. The van der Waals surface area contributed by atoms with E-state index < -0.39 is 5.92 Å². The van der Waals surface area contributed by atoms with Crippen molar-refractivity contribution in [2.24, 2.45) is 0 Å². The number of nitrogens with zero attached hydrogens (tertiary/aromatic N) is 1.